The van der Waals surface area contributed by atoms with Crippen LogP contribution in [0.4, 0.5) is 24.0 Å². The minimum atomic E-state index is -4.89. The van der Waals surface area contributed by atoms with Crippen molar-refractivity contribution < 1.29 is 27.4 Å². The van der Waals surface area contributed by atoms with Crippen LogP contribution in [-0.2, 0) is 24.1 Å². The van der Waals surface area contributed by atoms with E-state index in [1.807, 2.05) is 0 Å². The number of hydrogen-bond acceptors (Lipinski definition) is 11. The molecular weight excluding hydrogens is 601 g/mol. The van der Waals surface area contributed by atoms with Gasteiger partial charge in [0.15, 0.2) is 11.4 Å². The molecule has 0 saturated carbocycles. The molecule has 5 rings (SSSR count). The second-order valence-electron chi connectivity index (χ2n) is 10.4. The van der Waals surface area contributed by atoms with Gasteiger partial charge in [0.05, 0.1) is 62.1 Å². The highest BCUT2D eigenvalue weighted by Crippen LogP contribution is 2.32. The fourth-order valence-electron chi connectivity index (χ4n) is 4.89. The third-order valence-electron chi connectivity index (χ3n) is 7.13. The van der Waals surface area contributed by atoms with Crippen molar-refractivity contribution in [3.63, 3.8) is 0 Å². The summed E-state index contributed by atoms with van der Waals surface area (Å²) >= 11 is 1.37. The van der Waals surface area contributed by atoms with Gasteiger partial charge in [-0.25, -0.2) is 14.3 Å². The van der Waals surface area contributed by atoms with Crippen LogP contribution in [-0.4, -0.2) is 68.9 Å². The summed E-state index contributed by atoms with van der Waals surface area (Å²) in [5.41, 5.74) is -1.79. The van der Waals surface area contributed by atoms with Crippen LogP contribution in [0.25, 0.3) is 0 Å². The highest BCUT2D eigenvalue weighted by Gasteiger charge is 2.38. The van der Waals surface area contributed by atoms with Crippen LogP contribution in [0.1, 0.15) is 52.3 Å². The molecule has 1 aliphatic heterocycles. The lowest BCUT2D eigenvalue weighted by atomic mass is 10.1. The number of halogens is 3. The molecule has 0 bridgehead atoms. The lowest BCUT2D eigenvalue weighted by molar-refractivity contribution is -0.138. The molecule has 44 heavy (non-hydrogen) atoms. The quantitative estimate of drug-likeness (QED) is 0.229. The van der Waals surface area contributed by atoms with Crippen LogP contribution in [0.5, 0.6) is 5.75 Å². The summed E-state index contributed by atoms with van der Waals surface area (Å²) < 4.78 is 55.3. The summed E-state index contributed by atoms with van der Waals surface area (Å²) in [6.07, 6.45) is 1.96. The predicted molar refractivity (Wildman–Crippen MR) is 156 cm³/mol. The van der Waals surface area contributed by atoms with Gasteiger partial charge in [-0.05, 0) is 37.5 Å². The molecule has 4 heterocycles. The Morgan fingerprint density at radius 1 is 1.18 bits per heavy atom. The van der Waals surface area contributed by atoms with E-state index in [0.29, 0.717) is 21.9 Å². The number of aldehydes is 1. The maximum absolute atomic E-state index is 14.0. The van der Waals surface area contributed by atoms with Crippen molar-refractivity contribution in [2.24, 2.45) is 0 Å². The van der Waals surface area contributed by atoms with Crippen molar-refractivity contribution in [3.05, 3.63) is 74.9 Å². The summed E-state index contributed by atoms with van der Waals surface area (Å²) in [5.74, 6) is 0.589. The highest BCUT2D eigenvalue weighted by atomic mass is 32.1. The van der Waals surface area contributed by atoms with Crippen LogP contribution in [0.2, 0.25) is 0 Å². The molecule has 0 amide bonds. The molecule has 0 radical (unpaired) electrons. The predicted octanol–water partition coefficient (Wildman–Crippen LogP) is 4.04. The molecule has 1 unspecified atom stereocenters. The Morgan fingerprint density at radius 2 is 1.93 bits per heavy atom. The number of carbonyl (C=O) groups excluding carboxylic acids is 1. The molecule has 0 spiro atoms. The average molecular weight is 633 g/mol. The summed E-state index contributed by atoms with van der Waals surface area (Å²) in [7, 11) is 1.50. The van der Waals surface area contributed by atoms with Gasteiger partial charge >= 0.3 is 6.18 Å². The smallest absolute Gasteiger partial charge is 0.423 e. The van der Waals surface area contributed by atoms with E-state index in [0.717, 1.165) is 48.2 Å². The molecule has 1 atom stereocenters. The first-order valence-corrected chi connectivity index (χ1v) is 14.7. The molecule has 1 aliphatic rings. The number of piperidine rings is 1. The van der Waals surface area contributed by atoms with Gasteiger partial charge in [0.25, 0.3) is 5.56 Å². The Hall–Kier alpha value is -4.31. The molecule has 16 heteroatoms. The Morgan fingerprint density at radius 3 is 2.59 bits per heavy atom. The molecule has 1 saturated heterocycles. The molecule has 0 aliphatic carbocycles. The van der Waals surface area contributed by atoms with Crippen LogP contribution >= 0.6 is 11.3 Å². The second-order valence-corrected chi connectivity index (χ2v) is 11.4. The maximum Gasteiger partial charge on any atom is 0.423 e. The first-order chi connectivity index (χ1) is 21.1. The minimum Gasteiger partial charge on any atom is -0.497 e. The summed E-state index contributed by atoms with van der Waals surface area (Å²) in [4.78, 5) is 30.8. The zero-order chi connectivity index (χ0) is 31.3. The maximum atomic E-state index is 14.0. The number of methoxy groups -OCH3 is 1. The highest BCUT2D eigenvalue weighted by molar-refractivity contribution is 7.17. The number of nitrogens with one attached hydrogen (secondary N) is 1. The summed E-state index contributed by atoms with van der Waals surface area (Å²) in [5, 5.41) is 15.9. The lowest BCUT2D eigenvalue weighted by Gasteiger charge is -2.31. The largest absolute Gasteiger partial charge is 0.497 e. The van der Waals surface area contributed by atoms with Crippen molar-refractivity contribution in [1.82, 2.24) is 29.8 Å². The van der Waals surface area contributed by atoms with Crippen molar-refractivity contribution in [2.75, 3.05) is 37.0 Å². The molecule has 1 fully saturated rings. The number of benzene rings is 1. The van der Waals surface area contributed by atoms with E-state index in [2.05, 4.69) is 30.6 Å². The van der Waals surface area contributed by atoms with Crippen molar-refractivity contribution >= 4 is 28.4 Å². The number of anilines is 2. The van der Waals surface area contributed by atoms with Gasteiger partial charge in [-0.2, -0.15) is 18.3 Å². The van der Waals surface area contributed by atoms with Crippen molar-refractivity contribution in [1.29, 1.82) is 0 Å². The average Bonchev–Trinajstić information content (AvgIpc) is 3.69. The number of aromatic nitrogens is 6. The zero-order valence-corrected chi connectivity index (χ0v) is 24.8. The minimum absolute atomic E-state index is 0.0497. The van der Waals surface area contributed by atoms with Gasteiger partial charge < -0.3 is 19.7 Å². The first kappa shape index (κ1) is 31.1. The number of rotatable bonds is 12. The van der Waals surface area contributed by atoms with Gasteiger partial charge in [-0.1, -0.05) is 28.7 Å². The van der Waals surface area contributed by atoms with E-state index < -0.39 is 29.0 Å². The van der Waals surface area contributed by atoms with E-state index in [9.17, 15) is 22.8 Å². The molecule has 12 nitrogen and oxygen atoms in total. The van der Waals surface area contributed by atoms with Gasteiger partial charge in [0.1, 0.15) is 17.0 Å². The first-order valence-electron chi connectivity index (χ1n) is 13.9. The summed E-state index contributed by atoms with van der Waals surface area (Å²) in [6.45, 7) is 3.23. The van der Waals surface area contributed by atoms with E-state index in [1.165, 1.54) is 18.4 Å². The number of ether oxygens (including phenoxy) is 2. The van der Waals surface area contributed by atoms with Crippen LogP contribution in [0.15, 0.2) is 47.7 Å². The van der Waals surface area contributed by atoms with Gasteiger partial charge in [-0.3, -0.25) is 9.59 Å². The molecular formula is C28H31F3N8O4S. The van der Waals surface area contributed by atoms with E-state index >= 15 is 0 Å². The van der Waals surface area contributed by atoms with E-state index in [4.69, 9.17) is 9.47 Å². The van der Waals surface area contributed by atoms with Crippen LogP contribution in [0, 0.1) is 0 Å². The van der Waals surface area contributed by atoms with Crippen molar-refractivity contribution in [2.45, 2.75) is 51.2 Å². The number of hydrogen-bond donors (Lipinski definition) is 1. The molecule has 1 aromatic carbocycles. The lowest BCUT2D eigenvalue weighted by Crippen LogP contribution is -2.34. The Kier molecular flexibility index (Phi) is 9.58. The van der Waals surface area contributed by atoms with Gasteiger partial charge in [-0.15, -0.1) is 5.10 Å². The van der Waals surface area contributed by atoms with E-state index in [-0.39, 0.29) is 25.8 Å². The van der Waals surface area contributed by atoms with Gasteiger partial charge in [0.2, 0.25) is 0 Å². The topological polar surface area (TPSA) is 129 Å². The van der Waals surface area contributed by atoms with Crippen LogP contribution < -0.4 is 20.5 Å². The fraction of sp³-hybridized carbons (Fsp3) is 0.429. The number of alkyl halides is 3. The molecule has 234 valence electrons. The van der Waals surface area contributed by atoms with Crippen molar-refractivity contribution in [3.8, 4) is 5.75 Å². The third-order valence-corrected chi connectivity index (χ3v) is 8.12. The summed E-state index contributed by atoms with van der Waals surface area (Å²) in [6, 6.07) is 6.21. The Labute approximate surface area is 254 Å². The normalized spacial score (nSPS) is 14.9. The standard InChI is InChI=1S/C28H31F3N8O4S/c1-18(34-24-12-33-39(26(41)25(24)28(29,30)31)13-19-3-5-22(42-2)6-4-19)16-43-17-20-14-38(36-35-20)21-7-9-37(10-8-21)27-32-11-23(15-40)44-27/h3-6,11-12,14-15,18,21,34H,7-10,13,16-17H2,1-2H3. The Bertz CT molecular complexity index is 1610. The zero-order valence-electron chi connectivity index (χ0n) is 24.0. The SMILES string of the molecule is COc1ccc(Cn2ncc(NC(C)COCc3cn(C4CCN(c5ncc(C=O)s5)CC4)nn3)c(C(F)(F)F)c2=O)cc1. The molecule has 1 N–H and O–H groups in total. The molecule has 4 aromatic rings. The Balaban J connectivity index is 1.14. The number of carbonyl (C=O) groups is 1. The fourth-order valence-corrected chi connectivity index (χ4v) is 5.67. The number of nitrogens with zero attached hydrogens (tertiary/aromatic N) is 7. The number of thiazole rings is 1. The van der Waals surface area contributed by atoms with Gasteiger partial charge in [0, 0.05) is 19.1 Å². The second kappa shape index (κ2) is 13.5. The third kappa shape index (κ3) is 7.42. The van der Waals surface area contributed by atoms with Crippen LogP contribution in [0.3, 0.4) is 0 Å². The molecule has 3 aromatic heterocycles. The monoisotopic (exact) mass is 632 g/mol. The van der Waals surface area contributed by atoms with E-state index in [1.54, 1.807) is 48.3 Å².